The zero-order valence-corrected chi connectivity index (χ0v) is 11.2. The van der Waals surface area contributed by atoms with Crippen LogP contribution in [0, 0.1) is 11.3 Å². The van der Waals surface area contributed by atoms with Gasteiger partial charge in [0.05, 0.1) is 4.83 Å². The highest BCUT2D eigenvalue weighted by Crippen LogP contribution is 2.48. The van der Waals surface area contributed by atoms with E-state index in [-0.39, 0.29) is 4.83 Å². The third-order valence-corrected chi connectivity index (χ3v) is 5.43. The summed E-state index contributed by atoms with van der Waals surface area (Å²) in [6, 6.07) is 0. The minimum absolute atomic E-state index is 0.00715. The van der Waals surface area contributed by atoms with E-state index < -0.39 is 0 Å². The Kier molecular flexibility index (Phi) is 3.11. The second kappa shape index (κ2) is 4.08. The predicted molar refractivity (Wildman–Crippen MR) is 65.0 cm³/mol. The number of amides is 1. The van der Waals surface area contributed by atoms with Crippen molar-refractivity contribution in [2.24, 2.45) is 11.3 Å². The van der Waals surface area contributed by atoms with Gasteiger partial charge >= 0.3 is 0 Å². The first kappa shape index (κ1) is 11.4. The molecule has 1 amide bonds. The maximum Gasteiger partial charge on any atom is 0.236 e. The molecule has 1 unspecified atom stereocenters. The first-order chi connectivity index (χ1) is 7.04. The fourth-order valence-electron chi connectivity index (χ4n) is 2.67. The number of rotatable bonds is 2. The molecule has 3 heteroatoms. The Morgan fingerprint density at radius 3 is 2.40 bits per heavy atom. The minimum atomic E-state index is 0.00715. The van der Waals surface area contributed by atoms with Crippen molar-refractivity contribution in [3.63, 3.8) is 0 Å². The van der Waals surface area contributed by atoms with Gasteiger partial charge in [0.2, 0.25) is 5.91 Å². The zero-order valence-electron chi connectivity index (χ0n) is 9.63. The van der Waals surface area contributed by atoms with Gasteiger partial charge in [0.1, 0.15) is 0 Å². The lowest BCUT2D eigenvalue weighted by atomic mass is 9.68. The fraction of sp³-hybridized carbons (Fsp3) is 0.917. The van der Waals surface area contributed by atoms with Crippen LogP contribution in [0.1, 0.15) is 39.5 Å². The molecule has 1 saturated heterocycles. The Labute approximate surface area is 101 Å². The average Bonchev–Trinajstić information content (AvgIpc) is 2.59. The van der Waals surface area contributed by atoms with E-state index in [0.29, 0.717) is 17.2 Å². The third-order valence-electron chi connectivity index (χ3n) is 3.99. The average molecular weight is 274 g/mol. The summed E-state index contributed by atoms with van der Waals surface area (Å²) in [5.74, 6) is 0.684. The standard InChI is InChI=1S/C12H20BrNO/c1-9(2)10(13)11(15)14-7-6-12(8-14)4-3-5-12/h9-10H,3-8H2,1-2H3. The molecule has 2 nitrogen and oxygen atoms in total. The van der Waals surface area contributed by atoms with E-state index >= 15 is 0 Å². The Hall–Kier alpha value is -0.0500. The topological polar surface area (TPSA) is 20.3 Å². The smallest absolute Gasteiger partial charge is 0.236 e. The van der Waals surface area contributed by atoms with Crippen molar-refractivity contribution in [3.8, 4) is 0 Å². The number of alkyl halides is 1. The van der Waals surface area contributed by atoms with Crippen LogP contribution in [-0.2, 0) is 4.79 Å². The Bertz CT molecular complexity index is 260. The van der Waals surface area contributed by atoms with Crippen LogP contribution in [-0.4, -0.2) is 28.7 Å². The van der Waals surface area contributed by atoms with E-state index in [9.17, 15) is 4.79 Å². The number of carbonyl (C=O) groups excluding carboxylic acids is 1. The highest BCUT2D eigenvalue weighted by molar-refractivity contribution is 9.10. The Morgan fingerprint density at radius 2 is 2.00 bits per heavy atom. The summed E-state index contributed by atoms with van der Waals surface area (Å²) in [6.07, 6.45) is 5.28. The van der Waals surface area contributed by atoms with E-state index in [4.69, 9.17) is 0 Å². The van der Waals surface area contributed by atoms with Gasteiger partial charge in [-0.1, -0.05) is 36.2 Å². The van der Waals surface area contributed by atoms with E-state index in [2.05, 4.69) is 34.7 Å². The molecule has 1 spiro atoms. The molecule has 1 aliphatic heterocycles. The van der Waals surface area contributed by atoms with Crippen LogP contribution in [0.15, 0.2) is 0 Å². The van der Waals surface area contributed by atoms with Crippen molar-refractivity contribution in [1.29, 1.82) is 0 Å². The molecule has 2 fully saturated rings. The predicted octanol–water partition coefficient (Wildman–Crippen LogP) is 2.81. The highest BCUT2D eigenvalue weighted by Gasteiger charge is 2.44. The summed E-state index contributed by atoms with van der Waals surface area (Å²) in [5, 5.41) is 0. The number of halogens is 1. The monoisotopic (exact) mass is 273 g/mol. The molecule has 1 saturated carbocycles. The molecule has 15 heavy (non-hydrogen) atoms. The van der Waals surface area contributed by atoms with Gasteiger partial charge in [0.25, 0.3) is 0 Å². The van der Waals surface area contributed by atoms with Gasteiger partial charge in [-0.2, -0.15) is 0 Å². The lowest BCUT2D eigenvalue weighted by Crippen LogP contribution is -2.40. The fourth-order valence-corrected chi connectivity index (χ4v) is 2.96. The molecule has 0 radical (unpaired) electrons. The highest BCUT2D eigenvalue weighted by atomic mass is 79.9. The Balaban J connectivity index is 1.93. The SMILES string of the molecule is CC(C)C(Br)C(=O)N1CCC2(CCC2)C1. The number of nitrogens with zero attached hydrogens (tertiary/aromatic N) is 1. The lowest BCUT2D eigenvalue weighted by Gasteiger charge is -2.38. The molecule has 1 aliphatic carbocycles. The maximum absolute atomic E-state index is 12.1. The van der Waals surface area contributed by atoms with Crippen molar-refractivity contribution in [3.05, 3.63) is 0 Å². The maximum atomic E-state index is 12.1. The van der Waals surface area contributed by atoms with Gasteiger partial charge in [-0.3, -0.25) is 4.79 Å². The first-order valence-corrected chi connectivity index (χ1v) is 6.89. The van der Waals surface area contributed by atoms with Crippen molar-refractivity contribution in [1.82, 2.24) is 4.90 Å². The van der Waals surface area contributed by atoms with Crippen LogP contribution < -0.4 is 0 Å². The van der Waals surface area contributed by atoms with Crippen molar-refractivity contribution >= 4 is 21.8 Å². The molecule has 1 atom stereocenters. The third kappa shape index (κ3) is 2.08. The summed E-state index contributed by atoms with van der Waals surface area (Å²) < 4.78 is 0. The van der Waals surface area contributed by atoms with Crippen LogP contribution in [0.3, 0.4) is 0 Å². The Morgan fingerprint density at radius 1 is 1.33 bits per heavy atom. The van der Waals surface area contributed by atoms with Gasteiger partial charge < -0.3 is 4.90 Å². The molecule has 0 aromatic heterocycles. The molecule has 0 N–H and O–H groups in total. The van der Waals surface area contributed by atoms with Crippen LogP contribution in [0.25, 0.3) is 0 Å². The van der Waals surface area contributed by atoms with Gasteiger partial charge in [-0.25, -0.2) is 0 Å². The molecule has 1 heterocycles. The van der Waals surface area contributed by atoms with Crippen molar-refractivity contribution in [2.45, 2.75) is 44.4 Å². The van der Waals surface area contributed by atoms with E-state index in [1.807, 2.05) is 0 Å². The molecule has 0 aromatic rings. The number of likely N-dealkylation sites (tertiary alicyclic amines) is 1. The largest absolute Gasteiger partial charge is 0.341 e. The van der Waals surface area contributed by atoms with Crippen molar-refractivity contribution < 1.29 is 4.79 Å². The zero-order chi connectivity index (χ0) is 11.1. The summed E-state index contributed by atoms with van der Waals surface area (Å²) in [4.78, 5) is 14.2. The summed E-state index contributed by atoms with van der Waals surface area (Å²) in [5.41, 5.74) is 0.527. The molecule has 0 aromatic carbocycles. The van der Waals surface area contributed by atoms with Gasteiger partial charge in [0, 0.05) is 13.1 Å². The van der Waals surface area contributed by atoms with Crippen LogP contribution in [0.5, 0.6) is 0 Å². The van der Waals surface area contributed by atoms with Crippen LogP contribution in [0.2, 0.25) is 0 Å². The normalized spacial score (nSPS) is 25.7. The molecule has 86 valence electrons. The number of hydrogen-bond donors (Lipinski definition) is 0. The molecule has 0 bridgehead atoms. The molecular weight excluding hydrogens is 254 g/mol. The summed E-state index contributed by atoms with van der Waals surface area (Å²) in [6.45, 7) is 6.17. The van der Waals surface area contributed by atoms with Gasteiger partial charge in [-0.15, -0.1) is 0 Å². The van der Waals surface area contributed by atoms with E-state index in [1.165, 1.54) is 25.7 Å². The first-order valence-electron chi connectivity index (χ1n) is 5.97. The minimum Gasteiger partial charge on any atom is -0.341 e. The van der Waals surface area contributed by atoms with Gasteiger partial charge in [0.15, 0.2) is 0 Å². The summed E-state index contributed by atoms with van der Waals surface area (Å²) in [7, 11) is 0. The molecular formula is C12H20BrNO. The lowest BCUT2D eigenvalue weighted by molar-refractivity contribution is -0.130. The quantitative estimate of drug-likeness (QED) is 0.709. The number of hydrogen-bond acceptors (Lipinski definition) is 1. The van der Waals surface area contributed by atoms with Gasteiger partial charge in [-0.05, 0) is 30.6 Å². The second-order valence-corrected chi connectivity index (χ2v) is 6.50. The van der Waals surface area contributed by atoms with Crippen LogP contribution >= 0.6 is 15.9 Å². The van der Waals surface area contributed by atoms with Crippen molar-refractivity contribution in [2.75, 3.05) is 13.1 Å². The molecule has 2 rings (SSSR count). The van der Waals surface area contributed by atoms with E-state index in [1.54, 1.807) is 0 Å². The summed E-state index contributed by atoms with van der Waals surface area (Å²) >= 11 is 3.50. The van der Waals surface area contributed by atoms with E-state index in [0.717, 1.165) is 13.1 Å². The van der Waals surface area contributed by atoms with Crippen LogP contribution in [0.4, 0.5) is 0 Å². The molecule has 2 aliphatic rings. The number of carbonyl (C=O) groups is 1. The second-order valence-electron chi connectivity index (χ2n) is 5.51.